The molecule has 1 aliphatic carbocycles. The first-order valence-corrected chi connectivity index (χ1v) is 7.94. The molecule has 0 aliphatic heterocycles. The Morgan fingerprint density at radius 1 is 1.30 bits per heavy atom. The molecule has 3 rings (SSSR count). The Morgan fingerprint density at radius 2 is 2.00 bits per heavy atom. The number of benzene rings is 2. The molecular formula is C19H21N3O. The number of nitrogens with one attached hydrogen (secondary N) is 1. The van der Waals surface area contributed by atoms with Gasteiger partial charge in [0.15, 0.2) is 0 Å². The van der Waals surface area contributed by atoms with Gasteiger partial charge in [0.1, 0.15) is 5.54 Å². The summed E-state index contributed by atoms with van der Waals surface area (Å²) in [7, 11) is 1.89. The van der Waals surface area contributed by atoms with Crippen LogP contribution in [0.5, 0.6) is 0 Å². The van der Waals surface area contributed by atoms with E-state index in [0.29, 0.717) is 5.92 Å². The molecule has 2 aromatic rings. The van der Waals surface area contributed by atoms with Crippen molar-refractivity contribution < 1.29 is 4.79 Å². The van der Waals surface area contributed by atoms with E-state index in [2.05, 4.69) is 35.7 Å². The van der Waals surface area contributed by atoms with Gasteiger partial charge in [0.05, 0.1) is 12.6 Å². The lowest BCUT2D eigenvalue weighted by atomic mass is 9.98. The topological polar surface area (TPSA) is 56.1 Å². The number of hydrogen-bond donors (Lipinski definition) is 1. The lowest BCUT2D eigenvalue weighted by molar-refractivity contribution is -0.121. The fraction of sp³-hybridized carbons (Fsp3) is 0.368. The van der Waals surface area contributed by atoms with Crippen molar-refractivity contribution in [2.24, 2.45) is 5.92 Å². The molecule has 1 amide bonds. The van der Waals surface area contributed by atoms with Gasteiger partial charge in [0.2, 0.25) is 5.91 Å². The highest BCUT2D eigenvalue weighted by Crippen LogP contribution is 2.39. The van der Waals surface area contributed by atoms with Gasteiger partial charge in [-0.15, -0.1) is 0 Å². The second-order valence-electron chi connectivity index (χ2n) is 6.52. The van der Waals surface area contributed by atoms with Crippen LogP contribution in [0.4, 0.5) is 5.69 Å². The molecule has 0 unspecified atom stereocenters. The van der Waals surface area contributed by atoms with E-state index in [-0.39, 0.29) is 12.5 Å². The van der Waals surface area contributed by atoms with Crippen molar-refractivity contribution >= 4 is 22.4 Å². The Hall–Kier alpha value is -2.54. The van der Waals surface area contributed by atoms with Gasteiger partial charge >= 0.3 is 0 Å². The molecule has 118 valence electrons. The van der Waals surface area contributed by atoms with Crippen LogP contribution in [0.2, 0.25) is 0 Å². The summed E-state index contributed by atoms with van der Waals surface area (Å²) < 4.78 is 0. The average Bonchev–Trinajstić information content (AvgIpc) is 3.39. The number of hydrogen-bond acceptors (Lipinski definition) is 3. The third-order valence-electron chi connectivity index (χ3n) is 4.58. The van der Waals surface area contributed by atoms with Crippen LogP contribution < -0.4 is 10.2 Å². The van der Waals surface area contributed by atoms with E-state index in [1.807, 2.05) is 37.1 Å². The number of nitriles is 1. The number of rotatable bonds is 5. The Labute approximate surface area is 136 Å². The molecule has 23 heavy (non-hydrogen) atoms. The van der Waals surface area contributed by atoms with Crippen LogP contribution in [-0.2, 0) is 4.79 Å². The number of nitrogens with zero attached hydrogens (tertiary/aromatic N) is 2. The largest absolute Gasteiger partial charge is 0.365 e. The number of fused-ring (bicyclic) bond motifs is 1. The molecule has 4 nitrogen and oxygen atoms in total. The summed E-state index contributed by atoms with van der Waals surface area (Å²) in [4.78, 5) is 14.2. The van der Waals surface area contributed by atoms with E-state index in [4.69, 9.17) is 0 Å². The van der Waals surface area contributed by atoms with Crippen molar-refractivity contribution in [2.75, 3.05) is 18.5 Å². The van der Waals surface area contributed by atoms with Crippen LogP contribution >= 0.6 is 0 Å². The second kappa shape index (κ2) is 5.92. The molecule has 1 fully saturated rings. The highest BCUT2D eigenvalue weighted by Gasteiger charge is 2.43. The second-order valence-corrected chi connectivity index (χ2v) is 6.52. The minimum Gasteiger partial charge on any atom is -0.365 e. The van der Waals surface area contributed by atoms with Crippen LogP contribution in [0.1, 0.15) is 19.8 Å². The summed E-state index contributed by atoms with van der Waals surface area (Å²) in [6, 6.07) is 16.6. The zero-order chi connectivity index (χ0) is 16.4. The van der Waals surface area contributed by atoms with Crippen LogP contribution in [0.15, 0.2) is 42.5 Å². The van der Waals surface area contributed by atoms with Gasteiger partial charge in [-0.1, -0.05) is 30.3 Å². The zero-order valence-electron chi connectivity index (χ0n) is 13.5. The summed E-state index contributed by atoms with van der Waals surface area (Å²) in [6.07, 6.45) is 2.04. The fourth-order valence-electron chi connectivity index (χ4n) is 2.93. The minimum absolute atomic E-state index is 0.114. The SMILES string of the molecule is CN(CC(=O)N[C@@](C)(C#N)C1CC1)c1ccc2ccccc2c1. The molecule has 0 spiro atoms. The predicted octanol–water partition coefficient (Wildman–Crippen LogP) is 3.08. The molecular weight excluding hydrogens is 286 g/mol. The zero-order valence-corrected chi connectivity index (χ0v) is 13.5. The molecule has 1 atom stereocenters. The van der Waals surface area contributed by atoms with E-state index in [1.54, 1.807) is 0 Å². The quantitative estimate of drug-likeness (QED) is 0.923. The van der Waals surface area contributed by atoms with Gasteiger partial charge in [-0.25, -0.2) is 0 Å². The Balaban J connectivity index is 1.69. The van der Waals surface area contributed by atoms with Crippen LogP contribution in [0.3, 0.4) is 0 Å². The molecule has 0 bridgehead atoms. The Kier molecular flexibility index (Phi) is 3.96. The standard InChI is InChI=1S/C19H21N3O/c1-19(13-20,16-8-9-16)21-18(23)12-22(2)17-10-7-14-5-3-4-6-15(14)11-17/h3-7,10-11,16H,8-9,12H2,1-2H3,(H,21,23)/t19-/m0/s1. The van der Waals surface area contributed by atoms with E-state index in [9.17, 15) is 10.1 Å². The minimum atomic E-state index is -0.735. The van der Waals surface area contributed by atoms with Gasteiger partial charge in [0.25, 0.3) is 0 Å². The molecule has 1 N–H and O–H groups in total. The first kappa shape index (κ1) is 15.4. The molecule has 4 heteroatoms. The van der Waals surface area contributed by atoms with Crippen molar-refractivity contribution in [3.05, 3.63) is 42.5 Å². The predicted molar refractivity (Wildman–Crippen MR) is 92.1 cm³/mol. The molecule has 0 heterocycles. The summed E-state index contributed by atoms with van der Waals surface area (Å²) in [5.41, 5.74) is 0.255. The maximum Gasteiger partial charge on any atom is 0.240 e. The van der Waals surface area contributed by atoms with E-state index < -0.39 is 5.54 Å². The van der Waals surface area contributed by atoms with Gasteiger partial charge in [0, 0.05) is 12.7 Å². The van der Waals surface area contributed by atoms with Crippen molar-refractivity contribution in [3.8, 4) is 6.07 Å². The van der Waals surface area contributed by atoms with E-state index in [0.717, 1.165) is 23.9 Å². The maximum absolute atomic E-state index is 12.3. The summed E-state index contributed by atoms with van der Waals surface area (Å²) in [6.45, 7) is 2.06. The molecule has 2 aromatic carbocycles. The number of likely N-dealkylation sites (N-methyl/N-ethyl adjacent to an activating group) is 1. The van der Waals surface area contributed by atoms with Crippen molar-refractivity contribution in [2.45, 2.75) is 25.3 Å². The average molecular weight is 307 g/mol. The van der Waals surface area contributed by atoms with Crippen LogP contribution in [-0.4, -0.2) is 25.0 Å². The molecule has 1 saturated carbocycles. The first-order chi connectivity index (χ1) is 11.0. The Bertz CT molecular complexity index is 776. The van der Waals surface area contributed by atoms with Crippen LogP contribution in [0, 0.1) is 17.2 Å². The maximum atomic E-state index is 12.3. The van der Waals surface area contributed by atoms with Crippen LogP contribution in [0.25, 0.3) is 10.8 Å². The smallest absolute Gasteiger partial charge is 0.240 e. The monoisotopic (exact) mass is 307 g/mol. The van der Waals surface area contributed by atoms with Gasteiger partial charge in [-0.2, -0.15) is 5.26 Å². The molecule has 1 aliphatic rings. The van der Waals surface area contributed by atoms with E-state index in [1.165, 1.54) is 5.39 Å². The molecule has 0 radical (unpaired) electrons. The lowest BCUT2D eigenvalue weighted by Gasteiger charge is -2.25. The third-order valence-corrected chi connectivity index (χ3v) is 4.58. The molecule has 0 saturated heterocycles. The molecule has 0 aromatic heterocycles. The first-order valence-electron chi connectivity index (χ1n) is 7.94. The normalized spacial score (nSPS) is 16.4. The fourth-order valence-corrected chi connectivity index (χ4v) is 2.93. The number of anilines is 1. The van der Waals surface area contributed by atoms with Gasteiger partial charge in [-0.3, -0.25) is 4.79 Å². The highest BCUT2D eigenvalue weighted by atomic mass is 16.2. The number of carbonyl (C=O) groups excluding carboxylic acids is 1. The van der Waals surface area contributed by atoms with Gasteiger partial charge < -0.3 is 10.2 Å². The van der Waals surface area contributed by atoms with Crippen molar-refractivity contribution in [1.29, 1.82) is 5.26 Å². The third kappa shape index (κ3) is 3.29. The summed E-state index contributed by atoms with van der Waals surface area (Å²) in [5, 5.41) is 14.6. The number of carbonyl (C=O) groups is 1. The van der Waals surface area contributed by atoms with Gasteiger partial charge in [-0.05, 0) is 48.6 Å². The Morgan fingerprint density at radius 3 is 2.65 bits per heavy atom. The number of amides is 1. The lowest BCUT2D eigenvalue weighted by Crippen LogP contribution is -2.49. The summed E-state index contributed by atoms with van der Waals surface area (Å²) >= 11 is 0. The van der Waals surface area contributed by atoms with E-state index >= 15 is 0 Å². The highest BCUT2D eigenvalue weighted by molar-refractivity contribution is 5.87. The van der Waals surface area contributed by atoms with Crippen molar-refractivity contribution in [1.82, 2.24) is 5.32 Å². The summed E-state index contributed by atoms with van der Waals surface area (Å²) in [5.74, 6) is 0.180. The van der Waals surface area contributed by atoms with Crippen molar-refractivity contribution in [3.63, 3.8) is 0 Å².